The number of anilines is 1. The zero-order valence-corrected chi connectivity index (χ0v) is 14.4. The van der Waals surface area contributed by atoms with Crippen molar-refractivity contribution in [2.24, 2.45) is 0 Å². The third kappa shape index (κ3) is 3.88. The number of piperazine rings is 1. The van der Waals surface area contributed by atoms with Crippen molar-refractivity contribution in [3.8, 4) is 0 Å². The van der Waals surface area contributed by atoms with Crippen molar-refractivity contribution in [3.05, 3.63) is 52.1 Å². The van der Waals surface area contributed by atoms with Crippen molar-refractivity contribution in [1.82, 2.24) is 14.9 Å². The van der Waals surface area contributed by atoms with E-state index in [2.05, 4.69) is 30.8 Å². The fraction of sp³-hybridized carbons (Fsp3) is 0.312. The molecule has 2 heterocycles. The number of aromatic nitrogens is 2. The maximum Gasteiger partial charge on any atom is 0.356 e. The van der Waals surface area contributed by atoms with Crippen LogP contribution in [0.2, 0.25) is 0 Å². The molecule has 0 saturated carbocycles. The van der Waals surface area contributed by atoms with E-state index in [4.69, 9.17) is 5.11 Å². The zero-order chi connectivity index (χ0) is 17.1. The van der Waals surface area contributed by atoms with Gasteiger partial charge in [-0.15, -0.1) is 0 Å². The van der Waals surface area contributed by atoms with Gasteiger partial charge < -0.3 is 10.0 Å². The van der Waals surface area contributed by atoms with E-state index >= 15 is 0 Å². The van der Waals surface area contributed by atoms with Gasteiger partial charge in [-0.05, 0) is 18.2 Å². The monoisotopic (exact) mass is 394 g/mol. The molecule has 1 aromatic heterocycles. The van der Waals surface area contributed by atoms with Crippen LogP contribution in [0.25, 0.3) is 0 Å². The van der Waals surface area contributed by atoms with Crippen LogP contribution >= 0.6 is 15.9 Å². The predicted octanol–water partition coefficient (Wildman–Crippen LogP) is 2.40. The van der Waals surface area contributed by atoms with Gasteiger partial charge in [0.05, 0.1) is 12.4 Å². The molecule has 1 aliphatic heterocycles. The van der Waals surface area contributed by atoms with E-state index in [-0.39, 0.29) is 11.5 Å². The molecule has 3 rings (SSSR count). The lowest BCUT2D eigenvalue weighted by Gasteiger charge is -2.35. The SMILES string of the molecule is O=C(O)c1cnc(N2CCN(Cc3cc(Br)ccc3F)CC2)cn1. The Morgan fingerprint density at radius 2 is 1.96 bits per heavy atom. The fourth-order valence-corrected chi connectivity index (χ4v) is 3.04. The molecule has 0 atom stereocenters. The molecular weight excluding hydrogens is 379 g/mol. The highest BCUT2D eigenvalue weighted by atomic mass is 79.9. The largest absolute Gasteiger partial charge is 0.476 e. The molecule has 0 amide bonds. The highest BCUT2D eigenvalue weighted by Crippen LogP contribution is 2.19. The van der Waals surface area contributed by atoms with E-state index in [9.17, 15) is 9.18 Å². The molecule has 0 radical (unpaired) electrons. The first-order valence-corrected chi connectivity index (χ1v) is 8.29. The van der Waals surface area contributed by atoms with Crippen LogP contribution in [0.5, 0.6) is 0 Å². The van der Waals surface area contributed by atoms with Gasteiger partial charge in [-0.1, -0.05) is 15.9 Å². The average molecular weight is 395 g/mol. The third-order valence-electron chi connectivity index (χ3n) is 3.96. The lowest BCUT2D eigenvalue weighted by atomic mass is 10.2. The third-order valence-corrected chi connectivity index (χ3v) is 4.45. The van der Waals surface area contributed by atoms with E-state index in [1.807, 2.05) is 4.90 Å². The lowest BCUT2D eigenvalue weighted by Crippen LogP contribution is -2.46. The Labute approximate surface area is 147 Å². The Morgan fingerprint density at radius 3 is 2.58 bits per heavy atom. The number of hydrogen-bond donors (Lipinski definition) is 1. The van der Waals surface area contributed by atoms with E-state index < -0.39 is 5.97 Å². The van der Waals surface area contributed by atoms with Crippen molar-refractivity contribution in [2.45, 2.75) is 6.54 Å². The van der Waals surface area contributed by atoms with E-state index in [0.717, 1.165) is 30.7 Å². The Balaban J connectivity index is 1.59. The molecule has 1 N–H and O–H groups in total. The molecule has 8 heteroatoms. The number of benzene rings is 1. The van der Waals surface area contributed by atoms with E-state index in [1.165, 1.54) is 18.5 Å². The Kier molecular flexibility index (Phi) is 5.06. The molecule has 24 heavy (non-hydrogen) atoms. The van der Waals surface area contributed by atoms with Gasteiger partial charge in [-0.2, -0.15) is 0 Å². The van der Waals surface area contributed by atoms with Gasteiger partial charge in [0.15, 0.2) is 5.69 Å². The minimum absolute atomic E-state index is 0.0671. The molecule has 0 aliphatic carbocycles. The Bertz CT molecular complexity index is 733. The zero-order valence-electron chi connectivity index (χ0n) is 12.8. The van der Waals surface area contributed by atoms with E-state index in [0.29, 0.717) is 17.9 Å². The van der Waals surface area contributed by atoms with Gasteiger partial charge in [-0.25, -0.2) is 19.2 Å². The van der Waals surface area contributed by atoms with Crippen LogP contribution < -0.4 is 4.90 Å². The van der Waals surface area contributed by atoms with Crippen LogP contribution in [0.4, 0.5) is 10.2 Å². The van der Waals surface area contributed by atoms with Gasteiger partial charge in [0.25, 0.3) is 0 Å². The highest BCUT2D eigenvalue weighted by molar-refractivity contribution is 9.10. The summed E-state index contributed by atoms with van der Waals surface area (Å²) < 4.78 is 14.7. The molecular formula is C16H16BrFN4O2. The second-order valence-electron chi connectivity index (χ2n) is 5.56. The molecule has 0 spiro atoms. The molecule has 0 bridgehead atoms. The topological polar surface area (TPSA) is 69.6 Å². The number of rotatable bonds is 4. The van der Waals surface area contributed by atoms with Gasteiger partial charge in [0, 0.05) is 42.8 Å². The number of hydrogen-bond acceptors (Lipinski definition) is 5. The molecule has 1 fully saturated rings. The summed E-state index contributed by atoms with van der Waals surface area (Å²) in [6.07, 6.45) is 2.74. The standard InChI is InChI=1S/C16H16BrFN4O2/c17-12-1-2-13(18)11(7-12)10-21-3-5-22(6-4-21)15-9-19-14(8-20-15)16(23)24/h1-2,7-9H,3-6,10H2,(H,23,24). The first-order chi connectivity index (χ1) is 11.5. The summed E-state index contributed by atoms with van der Waals surface area (Å²) in [6.45, 7) is 3.57. The summed E-state index contributed by atoms with van der Waals surface area (Å²) >= 11 is 3.37. The smallest absolute Gasteiger partial charge is 0.356 e. The minimum Gasteiger partial charge on any atom is -0.476 e. The van der Waals surface area contributed by atoms with Crippen LogP contribution in [-0.4, -0.2) is 52.1 Å². The Morgan fingerprint density at radius 1 is 1.21 bits per heavy atom. The van der Waals surface area contributed by atoms with Crippen molar-refractivity contribution in [2.75, 3.05) is 31.1 Å². The maximum atomic E-state index is 13.8. The summed E-state index contributed by atoms with van der Waals surface area (Å²) in [4.78, 5) is 23.1. The summed E-state index contributed by atoms with van der Waals surface area (Å²) in [5.74, 6) is -0.626. The number of nitrogens with zero attached hydrogens (tertiary/aromatic N) is 4. The average Bonchev–Trinajstić information content (AvgIpc) is 2.59. The van der Waals surface area contributed by atoms with Gasteiger partial charge in [-0.3, -0.25) is 4.90 Å². The Hall–Kier alpha value is -2.06. The summed E-state index contributed by atoms with van der Waals surface area (Å²) in [5.41, 5.74) is 0.603. The van der Waals surface area contributed by atoms with E-state index in [1.54, 1.807) is 12.1 Å². The van der Waals surface area contributed by atoms with Crippen molar-refractivity contribution in [3.63, 3.8) is 0 Å². The second kappa shape index (κ2) is 7.23. The second-order valence-corrected chi connectivity index (χ2v) is 6.48. The van der Waals surface area contributed by atoms with Gasteiger partial charge in [0.1, 0.15) is 11.6 Å². The van der Waals surface area contributed by atoms with Gasteiger partial charge in [0.2, 0.25) is 0 Å². The van der Waals surface area contributed by atoms with Crippen molar-refractivity contribution < 1.29 is 14.3 Å². The molecule has 1 saturated heterocycles. The first kappa shape index (κ1) is 16.8. The number of aromatic carboxylic acids is 1. The number of carboxylic acids is 1. The maximum absolute atomic E-state index is 13.8. The first-order valence-electron chi connectivity index (χ1n) is 7.49. The number of halogens is 2. The quantitative estimate of drug-likeness (QED) is 0.858. The molecule has 126 valence electrons. The number of carboxylic acid groups (broad SMARTS) is 1. The number of carbonyl (C=O) groups is 1. The van der Waals surface area contributed by atoms with Crippen LogP contribution in [0.1, 0.15) is 16.1 Å². The summed E-state index contributed by atoms with van der Waals surface area (Å²) in [5, 5.41) is 8.85. The minimum atomic E-state index is -1.09. The highest BCUT2D eigenvalue weighted by Gasteiger charge is 2.20. The normalized spacial score (nSPS) is 15.5. The van der Waals surface area contributed by atoms with Crippen molar-refractivity contribution >= 4 is 27.7 Å². The summed E-state index contributed by atoms with van der Waals surface area (Å²) in [7, 11) is 0. The summed E-state index contributed by atoms with van der Waals surface area (Å²) in [6, 6.07) is 4.96. The molecule has 1 aliphatic rings. The van der Waals surface area contributed by atoms with Crippen LogP contribution in [0, 0.1) is 5.82 Å². The van der Waals surface area contributed by atoms with Crippen LogP contribution in [0.3, 0.4) is 0 Å². The van der Waals surface area contributed by atoms with Gasteiger partial charge >= 0.3 is 5.97 Å². The molecule has 1 aromatic carbocycles. The lowest BCUT2D eigenvalue weighted by molar-refractivity contribution is 0.0690. The fourth-order valence-electron chi connectivity index (χ4n) is 2.64. The molecule has 0 unspecified atom stereocenters. The molecule has 2 aromatic rings. The van der Waals surface area contributed by atoms with Crippen LogP contribution in [-0.2, 0) is 6.54 Å². The molecule has 6 nitrogen and oxygen atoms in total. The predicted molar refractivity (Wildman–Crippen MR) is 90.6 cm³/mol. The van der Waals surface area contributed by atoms with Crippen molar-refractivity contribution in [1.29, 1.82) is 0 Å². The van der Waals surface area contributed by atoms with Crippen LogP contribution in [0.15, 0.2) is 35.1 Å².